The van der Waals surface area contributed by atoms with Gasteiger partial charge in [-0.1, -0.05) is 33.6 Å². The highest BCUT2D eigenvalue weighted by Crippen LogP contribution is 2.55. The van der Waals surface area contributed by atoms with E-state index in [9.17, 15) is 0 Å². The molecule has 2 fully saturated rings. The minimum Gasteiger partial charge on any atom is -0.375 e. The average molecular weight is 253 g/mol. The summed E-state index contributed by atoms with van der Waals surface area (Å²) >= 11 is 0. The molecular weight excluding hydrogens is 222 g/mol. The van der Waals surface area contributed by atoms with E-state index in [2.05, 4.69) is 33.0 Å². The second-order valence-corrected chi connectivity index (χ2v) is 6.85. The molecule has 0 aromatic carbocycles. The van der Waals surface area contributed by atoms with Gasteiger partial charge in [0.2, 0.25) is 0 Å². The Morgan fingerprint density at radius 3 is 2.44 bits per heavy atom. The first-order valence-electron chi connectivity index (χ1n) is 7.97. The van der Waals surface area contributed by atoms with Crippen molar-refractivity contribution in [1.82, 2.24) is 5.32 Å². The molecule has 1 spiro atoms. The number of hydrogen-bond acceptors (Lipinski definition) is 2. The maximum absolute atomic E-state index is 6.37. The number of rotatable bonds is 6. The van der Waals surface area contributed by atoms with E-state index >= 15 is 0 Å². The van der Waals surface area contributed by atoms with Crippen molar-refractivity contribution in [2.24, 2.45) is 11.3 Å². The molecule has 106 valence electrons. The molecule has 2 nitrogen and oxygen atoms in total. The third kappa shape index (κ3) is 2.75. The van der Waals surface area contributed by atoms with Crippen LogP contribution in [0.25, 0.3) is 0 Å². The zero-order valence-corrected chi connectivity index (χ0v) is 12.7. The third-order valence-corrected chi connectivity index (χ3v) is 4.97. The lowest BCUT2D eigenvalue weighted by atomic mass is 9.60. The summed E-state index contributed by atoms with van der Waals surface area (Å²) in [7, 11) is 0. The Balaban J connectivity index is 1.89. The number of hydrogen-bond donors (Lipinski definition) is 1. The largest absolute Gasteiger partial charge is 0.375 e. The Labute approximate surface area is 113 Å². The van der Waals surface area contributed by atoms with Crippen LogP contribution >= 0.6 is 0 Å². The molecule has 2 saturated carbocycles. The van der Waals surface area contributed by atoms with Gasteiger partial charge >= 0.3 is 0 Å². The molecule has 0 aromatic rings. The zero-order chi connectivity index (χ0) is 13.2. The average Bonchev–Trinajstić information content (AvgIpc) is 2.78. The minimum absolute atomic E-state index is 0.426. The molecule has 0 heterocycles. The van der Waals surface area contributed by atoms with Crippen LogP contribution in [-0.4, -0.2) is 24.8 Å². The van der Waals surface area contributed by atoms with E-state index in [1.807, 2.05) is 0 Å². The number of ether oxygens (including phenoxy) is 1. The summed E-state index contributed by atoms with van der Waals surface area (Å²) < 4.78 is 6.37. The van der Waals surface area contributed by atoms with Gasteiger partial charge in [-0.2, -0.15) is 0 Å². The van der Waals surface area contributed by atoms with Crippen LogP contribution in [0, 0.1) is 11.3 Å². The Morgan fingerprint density at radius 1 is 1.22 bits per heavy atom. The predicted molar refractivity (Wildman–Crippen MR) is 76.8 cm³/mol. The molecule has 0 amide bonds. The van der Waals surface area contributed by atoms with E-state index in [0.29, 0.717) is 17.6 Å². The minimum atomic E-state index is 0.426. The van der Waals surface area contributed by atoms with Crippen LogP contribution in [0.4, 0.5) is 0 Å². The van der Waals surface area contributed by atoms with Crippen LogP contribution in [0.2, 0.25) is 0 Å². The molecule has 2 aliphatic carbocycles. The van der Waals surface area contributed by atoms with Crippen molar-refractivity contribution in [2.75, 3.05) is 6.54 Å². The first-order chi connectivity index (χ1) is 8.58. The topological polar surface area (TPSA) is 21.3 Å². The van der Waals surface area contributed by atoms with E-state index in [0.717, 1.165) is 18.5 Å². The highest BCUT2D eigenvalue weighted by atomic mass is 16.5. The standard InChI is InChI=1S/C16H31NO/c1-5-17-14-11-15(16(14)8-6-7-9-16)18-13(4)10-12(2)3/h12-15,17H,5-11H2,1-4H3. The Kier molecular flexibility index (Phi) is 4.71. The highest BCUT2D eigenvalue weighted by molar-refractivity contribution is 5.10. The van der Waals surface area contributed by atoms with Gasteiger partial charge in [0, 0.05) is 11.5 Å². The van der Waals surface area contributed by atoms with Gasteiger partial charge in [0.15, 0.2) is 0 Å². The van der Waals surface area contributed by atoms with Crippen molar-refractivity contribution in [2.45, 2.75) is 84.5 Å². The molecule has 0 aromatic heterocycles. The van der Waals surface area contributed by atoms with E-state index in [1.165, 1.54) is 38.5 Å². The van der Waals surface area contributed by atoms with E-state index in [1.54, 1.807) is 0 Å². The van der Waals surface area contributed by atoms with Crippen molar-refractivity contribution in [1.29, 1.82) is 0 Å². The van der Waals surface area contributed by atoms with Crippen molar-refractivity contribution in [3.05, 3.63) is 0 Å². The zero-order valence-electron chi connectivity index (χ0n) is 12.7. The van der Waals surface area contributed by atoms with E-state index in [4.69, 9.17) is 4.74 Å². The lowest BCUT2D eigenvalue weighted by Gasteiger charge is -2.55. The van der Waals surface area contributed by atoms with Crippen molar-refractivity contribution in [3.8, 4) is 0 Å². The smallest absolute Gasteiger partial charge is 0.0664 e. The predicted octanol–water partition coefficient (Wildman–Crippen LogP) is 3.75. The first kappa shape index (κ1) is 14.3. The van der Waals surface area contributed by atoms with E-state index < -0.39 is 0 Å². The molecule has 2 aliphatic rings. The molecule has 2 heteroatoms. The highest BCUT2D eigenvalue weighted by Gasteiger charge is 2.56. The van der Waals surface area contributed by atoms with Crippen LogP contribution in [0.5, 0.6) is 0 Å². The van der Waals surface area contributed by atoms with Gasteiger partial charge < -0.3 is 10.1 Å². The summed E-state index contributed by atoms with van der Waals surface area (Å²) in [4.78, 5) is 0. The van der Waals surface area contributed by atoms with Gasteiger partial charge in [0.05, 0.1) is 12.2 Å². The van der Waals surface area contributed by atoms with Crippen LogP contribution < -0.4 is 5.32 Å². The summed E-state index contributed by atoms with van der Waals surface area (Å²) in [6, 6.07) is 0.723. The fourth-order valence-corrected chi connectivity index (χ4v) is 4.17. The van der Waals surface area contributed by atoms with Gasteiger partial charge in [-0.3, -0.25) is 0 Å². The quantitative estimate of drug-likeness (QED) is 0.778. The van der Waals surface area contributed by atoms with E-state index in [-0.39, 0.29) is 0 Å². The maximum atomic E-state index is 6.37. The molecule has 18 heavy (non-hydrogen) atoms. The second-order valence-electron chi connectivity index (χ2n) is 6.85. The fraction of sp³-hybridized carbons (Fsp3) is 1.00. The Morgan fingerprint density at radius 2 is 1.89 bits per heavy atom. The molecule has 0 aliphatic heterocycles. The summed E-state index contributed by atoms with van der Waals surface area (Å²) in [6.07, 6.45) is 8.94. The summed E-state index contributed by atoms with van der Waals surface area (Å²) in [5.74, 6) is 0.740. The van der Waals surface area contributed by atoms with Crippen LogP contribution in [0.15, 0.2) is 0 Å². The molecule has 3 unspecified atom stereocenters. The summed E-state index contributed by atoms with van der Waals surface area (Å²) in [5.41, 5.74) is 0.487. The molecule has 0 radical (unpaired) electrons. The van der Waals surface area contributed by atoms with Gasteiger partial charge in [0.1, 0.15) is 0 Å². The fourth-order valence-electron chi connectivity index (χ4n) is 4.17. The molecule has 3 atom stereocenters. The Hall–Kier alpha value is -0.0800. The SMILES string of the molecule is CCNC1CC(OC(C)CC(C)C)C12CCCC2. The molecule has 1 N–H and O–H groups in total. The van der Waals surface area contributed by atoms with Crippen LogP contribution in [-0.2, 0) is 4.74 Å². The molecule has 0 bridgehead atoms. The van der Waals surface area contributed by atoms with Crippen LogP contribution in [0.3, 0.4) is 0 Å². The number of nitrogens with one attached hydrogen (secondary N) is 1. The molecule has 0 saturated heterocycles. The van der Waals surface area contributed by atoms with Gasteiger partial charge in [-0.15, -0.1) is 0 Å². The van der Waals surface area contributed by atoms with Crippen molar-refractivity contribution >= 4 is 0 Å². The molecular formula is C16H31NO. The maximum Gasteiger partial charge on any atom is 0.0664 e. The Bertz CT molecular complexity index is 258. The monoisotopic (exact) mass is 253 g/mol. The van der Waals surface area contributed by atoms with Crippen LogP contribution in [0.1, 0.15) is 66.2 Å². The summed E-state index contributed by atoms with van der Waals surface area (Å²) in [6.45, 7) is 10.1. The normalized spacial score (nSPS) is 31.8. The van der Waals surface area contributed by atoms with Crippen molar-refractivity contribution in [3.63, 3.8) is 0 Å². The lowest BCUT2D eigenvalue weighted by molar-refractivity contribution is -0.159. The van der Waals surface area contributed by atoms with Crippen molar-refractivity contribution < 1.29 is 4.74 Å². The van der Waals surface area contributed by atoms with Gasteiger partial charge in [-0.25, -0.2) is 0 Å². The molecule has 2 rings (SSSR count). The first-order valence-corrected chi connectivity index (χ1v) is 7.97. The lowest BCUT2D eigenvalue weighted by Crippen LogP contribution is -2.63. The third-order valence-electron chi connectivity index (χ3n) is 4.97. The van der Waals surface area contributed by atoms with Gasteiger partial charge in [-0.05, 0) is 45.1 Å². The second kappa shape index (κ2) is 5.92. The van der Waals surface area contributed by atoms with Gasteiger partial charge in [0.25, 0.3) is 0 Å². The summed E-state index contributed by atoms with van der Waals surface area (Å²) in [5, 5.41) is 3.68.